The Morgan fingerprint density at radius 1 is 0.796 bits per heavy atom. The maximum absolute atomic E-state index is 13.6. The molecule has 0 aromatic rings. The van der Waals surface area contributed by atoms with E-state index in [1.807, 2.05) is 0 Å². The van der Waals surface area contributed by atoms with Crippen molar-refractivity contribution in [3.05, 3.63) is 11.6 Å². The molecule has 0 amide bonds. The van der Waals surface area contributed by atoms with Crippen LogP contribution in [0.2, 0.25) is 0 Å². The van der Waals surface area contributed by atoms with Crippen molar-refractivity contribution in [3.8, 4) is 0 Å². The molecule has 0 aromatic carbocycles. The monoisotopic (exact) mass is 764 g/mol. The number of carbonyl (C=O) groups is 1. The highest BCUT2D eigenvalue weighted by Crippen LogP contribution is 2.76. The van der Waals surface area contributed by atoms with Crippen LogP contribution in [0.1, 0.15) is 99.8 Å². The minimum absolute atomic E-state index is 0.0406. The smallest absolute Gasteiger partial charge is 0.315 e. The van der Waals surface area contributed by atoms with E-state index in [9.17, 15) is 40.5 Å². The zero-order valence-corrected chi connectivity index (χ0v) is 32.9. The lowest BCUT2D eigenvalue weighted by molar-refractivity contribution is -0.340. The molecular weight excluding hydrogens is 700 g/mol. The van der Waals surface area contributed by atoms with E-state index in [-0.39, 0.29) is 70.3 Å². The Hall–Kier alpha value is -1.23. The summed E-state index contributed by atoms with van der Waals surface area (Å²) in [5.74, 6) is 0.320. The summed E-state index contributed by atoms with van der Waals surface area (Å²) in [4.78, 5) is 13.6. The second-order valence-corrected chi connectivity index (χ2v) is 20.5. The third-order valence-electron chi connectivity index (χ3n) is 17.3. The molecule has 0 unspecified atom stereocenters. The summed E-state index contributed by atoms with van der Waals surface area (Å²) in [5, 5.41) is 74.9. The lowest BCUT2D eigenvalue weighted by Crippen LogP contribution is -2.67. The molecule has 13 nitrogen and oxygen atoms in total. The lowest BCUT2D eigenvalue weighted by atomic mass is 9.33. The van der Waals surface area contributed by atoms with Crippen LogP contribution in [0, 0.1) is 50.2 Å². The number of rotatable bonds is 5. The highest BCUT2D eigenvalue weighted by atomic mass is 16.7. The SMILES string of the molecule is CC1(C)C[C@@H]2C3=CC[C@@H]4[C@@]5(C)CC[C@H](O[C@@H]6O[C@H](CO[C@@H]7OC[C@H](O)[C@H](O)[C@H]7O)[C@@H](O)[C@H](O)[C@H]6O)C(C)(C)[C@@H]5CC[C@@]4(C)[C@]3(C)C[C@H](O)[C@@]23C[C@@H]1OC3=O. The minimum atomic E-state index is -1.59. The van der Waals surface area contributed by atoms with Crippen LogP contribution in [0.4, 0.5) is 0 Å². The fourth-order valence-electron chi connectivity index (χ4n) is 13.8. The predicted octanol–water partition coefficient (Wildman–Crippen LogP) is 1.94. The molecule has 13 heteroatoms. The van der Waals surface area contributed by atoms with Crippen LogP contribution >= 0.6 is 0 Å². The van der Waals surface area contributed by atoms with Crippen molar-refractivity contribution in [1.29, 1.82) is 0 Å². The summed E-state index contributed by atoms with van der Waals surface area (Å²) in [7, 11) is 0. The van der Waals surface area contributed by atoms with Gasteiger partial charge >= 0.3 is 5.97 Å². The molecule has 8 rings (SSSR count). The van der Waals surface area contributed by atoms with Gasteiger partial charge < -0.3 is 59.4 Å². The molecule has 2 bridgehead atoms. The standard InChI is InChI=1S/C41H64O13/c1-36(2)14-20-19-8-9-24-38(5)12-11-26(53-34-32(48)30(46)29(45)22(52-34)18-51-33-31(47)28(44)21(42)17-50-33)37(3,4)23(38)10-13-39(24,6)40(19,7)15-25(43)41(20)16-27(36)54-35(41)49/h8,20-34,42-48H,9-18H2,1-7H3/t20-,21+,22-,23+,24-,25+,26+,27+,28+,29-,30+,31-,32-,33+,34+,38+,39-,40-,41-/m1/s1. The molecular formula is C41H64O13. The maximum atomic E-state index is 13.6. The largest absolute Gasteiger partial charge is 0.461 e. The number of aliphatic hydroxyl groups is 7. The first-order valence-corrected chi connectivity index (χ1v) is 20.4. The topological polar surface area (TPSA) is 205 Å². The van der Waals surface area contributed by atoms with Crippen LogP contribution in [-0.2, 0) is 28.5 Å². The first kappa shape index (κ1) is 39.6. The van der Waals surface area contributed by atoms with Crippen LogP contribution in [0.15, 0.2) is 11.6 Å². The van der Waals surface area contributed by atoms with Crippen LogP contribution in [-0.4, -0.2) is 129 Å². The van der Waals surface area contributed by atoms with Crippen LogP contribution in [0.5, 0.6) is 0 Å². The van der Waals surface area contributed by atoms with Crippen molar-refractivity contribution in [2.75, 3.05) is 13.2 Å². The molecule has 0 radical (unpaired) electrons. The molecule has 19 atom stereocenters. The summed E-state index contributed by atoms with van der Waals surface area (Å²) >= 11 is 0. The molecule has 5 aliphatic carbocycles. The molecule has 0 aromatic heterocycles. The van der Waals surface area contributed by atoms with Crippen molar-refractivity contribution in [2.45, 2.75) is 173 Å². The van der Waals surface area contributed by atoms with Gasteiger partial charge in [0, 0.05) is 11.8 Å². The Balaban J connectivity index is 1.01. The molecule has 306 valence electrons. The van der Waals surface area contributed by atoms with Crippen molar-refractivity contribution < 1.29 is 64.2 Å². The molecule has 7 fully saturated rings. The van der Waals surface area contributed by atoms with E-state index in [0.717, 1.165) is 32.1 Å². The first-order chi connectivity index (χ1) is 25.1. The Morgan fingerprint density at radius 3 is 2.22 bits per heavy atom. The third-order valence-corrected chi connectivity index (χ3v) is 17.3. The Kier molecular flexibility index (Phi) is 9.45. The summed E-state index contributed by atoms with van der Waals surface area (Å²) in [6.07, 6.45) is -5.09. The average molecular weight is 765 g/mol. The molecule has 8 aliphatic rings. The Bertz CT molecular complexity index is 1520. The summed E-state index contributed by atoms with van der Waals surface area (Å²) in [5.41, 5.74) is -0.493. The molecule has 3 heterocycles. The van der Waals surface area contributed by atoms with Gasteiger partial charge in [-0.15, -0.1) is 0 Å². The molecule has 1 spiro atoms. The van der Waals surface area contributed by atoms with Crippen LogP contribution < -0.4 is 0 Å². The zero-order valence-electron chi connectivity index (χ0n) is 32.9. The number of esters is 1. The van der Waals surface area contributed by atoms with Gasteiger partial charge in [0.05, 0.1) is 25.4 Å². The summed E-state index contributed by atoms with van der Waals surface area (Å²) in [6, 6.07) is 0. The lowest BCUT2D eigenvalue weighted by Gasteiger charge is -2.71. The fraction of sp³-hybridized carbons (Fsp3) is 0.927. The van der Waals surface area contributed by atoms with Gasteiger partial charge in [-0.05, 0) is 84.4 Å². The Morgan fingerprint density at radius 2 is 1.50 bits per heavy atom. The number of fused-ring (bicyclic) bond motifs is 7. The number of carbonyl (C=O) groups excluding carboxylic acids is 1. The zero-order chi connectivity index (χ0) is 39.1. The molecule has 7 N–H and O–H groups in total. The van der Waals surface area contributed by atoms with Gasteiger partial charge in [-0.1, -0.05) is 60.1 Å². The van der Waals surface area contributed by atoms with E-state index in [4.69, 9.17) is 23.7 Å². The van der Waals surface area contributed by atoms with Gasteiger partial charge in [0.1, 0.15) is 54.2 Å². The molecule has 3 saturated heterocycles. The summed E-state index contributed by atoms with van der Waals surface area (Å²) in [6.45, 7) is 15.5. The highest BCUT2D eigenvalue weighted by Gasteiger charge is 2.74. The highest BCUT2D eigenvalue weighted by molar-refractivity contribution is 5.82. The van der Waals surface area contributed by atoms with Gasteiger partial charge in [0.25, 0.3) is 0 Å². The van der Waals surface area contributed by atoms with E-state index in [2.05, 4.69) is 54.5 Å². The van der Waals surface area contributed by atoms with E-state index >= 15 is 0 Å². The van der Waals surface area contributed by atoms with Gasteiger partial charge in [-0.25, -0.2) is 0 Å². The number of allylic oxidation sites excluding steroid dienone is 2. The predicted molar refractivity (Wildman–Crippen MR) is 191 cm³/mol. The number of aliphatic hydroxyl groups excluding tert-OH is 7. The molecule has 3 aliphatic heterocycles. The van der Waals surface area contributed by atoms with Gasteiger partial charge in [0.2, 0.25) is 0 Å². The molecule has 4 saturated carbocycles. The quantitative estimate of drug-likeness (QED) is 0.122. The second kappa shape index (κ2) is 12.9. The van der Waals surface area contributed by atoms with E-state index in [0.29, 0.717) is 25.2 Å². The van der Waals surface area contributed by atoms with Crippen molar-refractivity contribution in [3.63, 3.8) is 0 Å². The van der Waals surface area contributed by atoms with E-state index in [1.54, 1.807) is 0 Å². The normalized spacial score (nSPS) is 56.1. The Labute approximate surface area is 318 Å². The van der Waals surface area contributed by atoms with Crippen molar-refractivity contribution >= 4 is 5.97 Å². The second-order valence-electron chi connectivity index (χ2n) is 20.5. The molecule has 54 heavy (non-hydrogen) atoms. The van der Waals surface area contributed by atoms with Crippen LogP contribution in [0.3, 0.4) is 0 Å². The van der Waals surface area contributed by atoms with Gasteiger partial charge in [-0.2, -0.15) is 0 Å². The first-order valence-electron chi connectivity index (χ1n) is 20.4. The van der Waals surface area contributed by atoms with Gasteiger partial charge in [0.15, 0.2) is 12.6 Å². The van der Waals surface area contributed by atoms with Crippen LogP contribution in [0.25, 0.3) is 0 Å². The minimum Gasteiger partial charge on any atom is -0.461 e. The fourth-order valence-corrected chi connectivity index (χ4v) is 13.8. The van der Waals surface area contributed by atoms with E-state index < -0.39 is 66.8 Å². The van der Waals surface area contributed by atoms with E-state index in [1.165, 1.54) is 5.57 Å². The third kappa shape index (κ3) is 5.32. The maximum Gasteiger partial charge on any atom is 0.315 e. The van der Waals surface area contributed by atoms with Crippen molar-refractivity contribution in [1.82, 2.24) is 0 Å². The van der Waals surface area contributed by atoms with Crippen molar-refractivity contribution in [2.24, 2.45) is 50.2 Å². The number of hydrogen-bond acceptors (Lipinski definition) is 13. The summed E-state index contributed by atoms with van der Waals surface area (Å²) < 4.78 is 29.6. The number of hydrogen-bond donors (Lipinski definition) is 7. The number of ether oxygens (including phenoxy) is 5. The average Bonchev–Trinajstić information content (AvgIpc) is 3.42. The van der Waals surface area contributed by atoms with Gasteiger partial charge in [-0.3, -0.25) is 4.79 Å².